The van der Waals surface area contributed by atoms with Crippen molar-refractivity contribution >= 4 is 22.3 Å². The lowest BCUT2D eigenvalue weighted by Crippen LogP contribution is -2.45. The molecule has 0 bridgehead atoms. The number of likely N-dealkylation sites (N-methyl/N-ethyl adjacent to an activating group) is 1. The first kappa shape index (κ1) is 53.0. The molecule has 0 saturated carbocycles. The molecule has 0 fully saturated rings. The molecule has 0 aromatic carbocycles. The lowest BCUT2D eigenvalue weighted by molar-refractivity contribution is -0.873. The number of quaternary nitrogens is 1. The summed E-state index contributed by atoms with van der Waals surface area (Å²) in [4.78, 5) is 24.9. The van der Waals surface area contributed by atoms with Crippen LogP contribution in [0.25, 0.3) is 0 Å². The van der Waals surface area contributed by atoms with Gasteiger partial charge in [-0.05, 0) is 38.5 Å². The fourth-order valence-corrected chi connectivity index (χ4v) is 5.60. The summed E-state index contributed by atoms with van der Waals surface area (Å²) in [6.07, 6.45) is 30.9. The minimum atomic E-state index is -4.41. The van der Waals surface area contributed by atoms with E-state index in [9.17, 15) is 22.6 Å². The van der Waals surface area contributed by atoms with Crippen LogP contribution in [0.1, 0.15) is 194 Å². The Kier molecular flexibility index (Phi) is 38.2. The van der Waals surface area contributed by atoms with E-state index < -0.39 is 16.5 Å². The molecule has 0 heterocycles. The highest BCUT2D eigenvalue weighted by Gasteiger charge is 2.23. The second-order valence-corrected chi connectivity index (χ2v) is 16.3. The van der Waals surface area contributed by atoms with Gasteiger partial charge in [0.05, 0.1) is 28.3 Å². The first-order valence-electron chi connectivity index (χ1n) is 20.9. The van der Waals surface area contributed by atoms with Gasteiger partial charge in [0.2, 0.25) is 10.4 Å². The molecule has 0 aliphatic heterocycles. The number of unbranched alkanes of at least 4 members (excludes halogenated alkanes) is 22. The van der Waals surface area contributed by atoms with Gasteiger partial charge < -0.3 is 18.5 Å². The van der Waals surface area contributed by atoms with Gasteiger partial charge in [-0.2, -0.15) is 0 Å². The van der Waals surface area contributed by atoms with Crippen LogP contribution >= 0.6 is 0 Å². The Hall–Kier alpha value is -2.11. The molecule has 0 aromatic rings. The topological polar surface area (TPSA) is 119 Å². The van der Waals surface area contributed by atoms with Crippen LogP contribution in [0.15, 0.2) is 0 Å². The second kappa shape index (κ2) is 38.2. The van der Waals surface area contributed by atoms with Crippen LogP contribution in [0.4, 0.5) is 0 Å². The summed E-state index contributed by atoms with van der Waals surface area (Å²) in [5.74, 6) is 12.9. The smallest absolute Gasteiger partial charge is 0.306 e. The van der Waals surface area contributed by atoms with Crippen molar-refractivity contribution in [3.05, 3.63) is 0 Å². The van der Waals surface area contributed by atoms with Crippen molar-refractivity contribution in [2.45, 2.75) is 200 Å². The van der Waals surface area contributed by atoms with Crippen LogP contribution in [0, 0.1) is 23.7 Å². The summed E-state index contributed by atoms with van der Waals surface area (Å²) < 4.78 is 43.0. The van der Waals surface area contributed by atoms with Gasteiger partial charge >= 0.3 is 11.9 Å². The van der Waals surface area contributed by atoms with Crippen LogP contribution in [0.3, 0.4) is 0 Å². The Morgan fingerprint density at radius 1 is 0.566 bits per heavy atom. The molecule has 53 heavy (non-hydrogen) atoms. The Bertz CT molecular complexity index is 1100. The maximum absolute atomic E-state index is 12.6. The minimum Gasteiger partial charge on any atom is -0.726 e. The summed E-state index contributed by atoms with van der Waals surface area (Å²) in [5.41, 5.74) is 0. The molecular weight excluding hydrogens is 691 g/mol. The molecule has 10 heteroatoms. The van der Waals surface area contributed by atoms with E-state index in [1.54, 1.807) is 0 Å². The third-order valence-corrected chi connectivity index (χ3v) is 9.02. The number of hydrogen-bond donors (Lipinski definition) is 0. The number of ether oxygens (including phenoxy) is 2. The monoisotopic (exact) mass is 770 g/mol. The molecule has 0 aliphatic carbocycles. The Balaban J connectivity index is 0. The molecule has 1 unspecified atom stereocenters. The molecule has 0 rings (SSSR count). The minimum absolute atomic E-state index is 0.136. The van der Waals surface area contributed by atoms with Gasteiger partial charge in [-0.25, -0.2) is 8.42 Å². The van der Waals surface area contributed by atoms with Crippen molar-refractivity contribution in [2.75, 3.05) is 41.4 Å². The number of nitrogens with zero attached hydrogens (tertiary/aromatic N) is 1. The molecule has 0 aliphatic rings. The number of carbonyl (C=O) groups is 2. The molecule has 1 atom stereocenters. The second-order valence-electron chi connectivity index (χ2n) is 15.1. The maximum atomic E-state index is 12.6. The van der Waals surface area contributed by atoms with Gasteiger partial charge in [-0.3, -0.25) is 13.8 Å². The summed E-state index contributed by atoms with van der Waals surface area (Å²) in [7, 11) is 2.57. The lowest BCUT2D eigenvalue weighted by atomic mass is 10.1. The number of rotatable bonds is 32. The van der Waals surface area contributed by atoms with Gasteiger partial charge in [-0.1, -0.05) is 117 Å². The SMILES string of the molecule is CCCCCCCCC#CCCCCCCCC(=O)OCC(C[N+](C)(C)C)OC(=O)CCCCCCCC#CCCCCCCCC.COS(=O)(=O)[O-]. The number of hydrogen-bond acceptors (Lipinski definition) is 8. The maximum Gasteiger partial charge on any atom is 0.306 e. The number of carbonyl (C=O) groups excluding carboxylic acids is 2. The van der Waals surface area contributed by atoms with Crippen molar-refractivity contribution in [1.82, 2.24) is 0 Å². The van der Waals surface area contributed by atoms with Crippen molar-refractivity contribution in [3.63, 3.8) is 0 Å². The predicted octanol–water partition coefficient (Wildman–Crippen LogP) is 10.2. The van der Waals surface area contributed by atoms with Gasteiger partial charge in [0, 0.05) is 38.5 Å². The standard InChI is InChI=1S/C42H76NO4.CH4O4S/c1-6-8-10-12-14-16-18-20-22-24-26-28-30-32-34-36-41(44)46-39-40(38-43(3,4)5)47-42(45)37-35-33-31-29-27-25-23-21-19-17-15-13-11-9-7-2;1-5-6(2,3)4/h40H,6-19,24-39H2,1-5H3;1H3,(H,2,3,4)/q+1;/p-1. The highest BCUT2D eigenvalue weighted by molar-refractivity contribution is 7.80. The van der Waals surface area contributed by atoms with E-state index in [2.05, 4.69) is 62.9 Å². The fourth-order valence-electron chi connectivity index (χ4n) is 5.60. The third-order valence-electron chi connectivity index (χ3n) is 8.61. The first-order chi connectivity index (χ1) is 25.3. The fraction of sp³-hybridized carbons (Fsp3) is 0.860. The molecular formula is C43H79NO8S. The molecule has 0 aromatic heterocycles. The highest BCUT2D eigenvalue weighted by atomic mass is 32.3. The average molecular weight is 770 g/mol. The molecule has 310 valence electrons. The van der Waals surface area contributed by atoms with Gasteiger partial charge in [-0.15, -0.1) is 23.7 Å². The first-order valence-corrected chi connectivity index (χ1v) is 22.3. The van der Waals surface area contributed by atoms with Crippen LogP contribution in [0.2, 0.25) is 0 Å². The van der Waals surface area contributed by atoms with Crippen LogP contribution in [0.5, 0.6) is 0 Å². The van der Waals surface area contributed by atoms with E-state index in [4.69, 9.17) is 9.47 Å². The van der Waals surface area contributed by atoms with Crippen LogP contribution in [-0.4, -0.2) is 76.9 Å². The van der Waals surface area contributed by atoms with Gasteiger partial charge in [0.15, 0.2) is 6.10 Å². The summed E-state index contributed by atoms with van der Waals surface area (Å²) in [6, 6.07) is 0. The van der Waals surface area contributed by atoms with Crippen molar-refractivity contribution in [1.29, 1.82) is 0 Å². The zero-order chi connectivity index (χ0) is 39.9. The summed E-state index contributed by atoms with van der Waals surface area (Å²) in [5, 5.41) is 0. The molecule has 0 saturated heterocycles. The Morgan fingerprint density at radius 2 is 0.887 bits per heavy atom. The molecule has 9 nitrogen and oxygen atoms in total. The van der Waals surface area contributed by atoms with E-state index in [-0.39, 0.29) is 18.5 Å². The Labute approximate surface area is 327 Å². The lowest BCUT2D eigenvalue weighted by Gasteiger charge is -2.28. The third kappa shape index (κ3) is 47.9. The van der Waals surface area contributed by atoms with E-state index in [0.29, 0.717) is 23.9 Å². The van der Waals surface area contributed by atoms with E-state index in [1.807, 2.05) is 0 Å². The van der Waals surface area contributed by atoms with E-state index in [0.717, 1.165) is 97.0 Å². The predicted molar refractivity (Wildman–Crippen MR) is 217 cm³/mol. The molecule has 0 N–H and O–H groups in total. The largest absolute Gasteiger partial charge is 0.726 e. The Morgan fingerprint density at radius 3 is 1.23 bits per heavy atom. The van der Waals surface area contributed by atoms with Crippen LogP contribution in [-0.2, 0) is 33.6 Å². The van der Waals surface area contributed by atoms with Crippen molar-refractivity contribution in [3.8, 4) is 23.7 Å². The van der Waals surface area contributed by atoms with Crippen molar-refractivity contribution in [2.24, 2.45) is 0 Å². The normalized spacial score (nSPS) is 11.7. The molecule has 0 amide bonds. The summed E-state index contributed by atoms with van der Waals surface area (Å²) in [6.45, 7) is 5.26. The van der Waals surface area contributed by atoms with Crippen molar-refractivity contribution < 1.29 is 40.7 Å². The average Bonchev–Trinajstić information content (AvgIpc) is 3.10. The van der Waals surface area contributed by atoms with E-state index in [1.165, 1.54) is 77.0 Å². The zero-order valence-electron chi connectivity index (χ0n) is 34.9. The molecule has 0 radical (unpaired) electrons. The highest BCUT2D eigenvalue weighted by Crippen LogP contribution is 2.12. The zero-order valence-corrected chi connectivity index (χ0v) is 35.7. The summed E-state index contributed by atoms with van der Waals surface area (Å²) >= 11 is 0. The molecule has 0 spiro atoms. The quantitative estimate of drug-likeness (QED) is 0.0166. The number of esters is 2. The van der Waals surface area contributed by atoms with E-state index >= 15 is 0 Å². The van der Waals surface area contributed by atoms with Gasteiger partial charge in [0.1, 0.15) is 13.2 Å². The van der Waals surface area contributed by atoms with Crippen LogP contribution < -0.4 is 0 Å². The van der Waals surface area contributed by atoms with Gasteiger partial charge in [0.25, 0.3) is 0 Å².